The first-order valence-electron chi connectivity index (χ1n) is 9.26. The van der Waals surface area contributed by atoms with Gasteiger partial charge in [-0.25, -0.2) is 9.78 Å². The van der Waals surface area contributed by atoms with E-state index in [4.69, 9.17) is 0 Å². The molecule has 1 heterocycles. The lowest BCUT2D eigenvalue weighted by Gasteiger charge is -2.23. The van der Waals surface area contributed by atoms with Crippen molar-refractivity contribution in [1.82, 2.24) is 19.6 Å². The average molecular weight is 383 g/mol. The lowest BCUT2D eigenvalue weighted by atomic mass is 10.2. The highest BCUT2D eigenvalue weighted by molar-refractivity contribution is 7.97. The molecule has 0 atom stereocenters. The molecule has 0 aliphatic rings. The van der Waals surface area contributed by atoms with E-state index in [0.717, 1.165) is 28.2 Å². The van der Waals surface area contributed by atoms with Gasteiger partial charge in [-0.3, -0.25) is 4.72 Å². The second-order valence-corrected chi connectivity index (χ2v) is 7.80. The van der Waals surface area contributed by atoms with Crippen molar-refractivity contribution in [3.63, 3.8) is 0 Å². The van der Waals surface area contributed by atoms with Gasteiger partial charge >= 0.3 is 6.03 Å². The standard InChI is InChI=1S/C21H26N4OS/c1-16(2)15-27-24-21(26)25(14-17-8-4-3-5-9-17)13-12-20-22-18-10-6-7-11-19(18)23-20/h3-11,16H,12-15H2,1-2H3,(H,22,23)(H,24,26). The molecule has 5 nitrogen and oxygen atoms in total. The summed E-state index contributed by atoms with van der Waals surface area (Å²) in [6.07, 6.45) is 0.684. The van der Waals surface area contributed by atoms with Crippen LogP contribution in [0.5, 0.6) is 0 Å². The number of amides is 2. The predicted molar refractivity (Wildman–Crippen MR) is 112 cm³/mol. The monoisotopic (exact) mass is 382 g/mol. The number of carbonyl (C=O) groups excluding carboxylic acids is 1. The van der Waals surface area contributed by atoms with Gasteiger partial charge in [-0.05, 0) is 35.6 Å². The molecule has 2 aromatic carbocycles. The van der Waals surface area contributed by atoms with Crippen LogP contribution in [0.3, 0.4) is 0 Å². The zero-order valence-corrected chi connectivity index (χ0v) is 16.6. The number of rotatable bonds is 8. The molecule has 0 saturated heterocycles. The Morgan fingerprint density at radius 1 is 1.15 bits per heavy atom. The summed E-state index contributed by atoms with van der Waals surface area (Å²) in [7, 11) is 0. The van der Waals surface area contributed by atoms with Crippen molar-refractivity contribution in [2.24, 2.45) is 5.92 Å². The number of aromatic nitrogens is 2. The molecule has 0 bridgehead atoms. The summed E-state index contributed by atoms with van der Waals surface area (Å²) in [5, 5.41) is 0. The second-order valence-electron chi connectivity index (χ2n) is 6.97. The molecule has 1 aromatic heterocycles. The van der Waals surface area contributed by atoms with Crippen molar-refractivity contribution < 1.29 is 4.79 Å². The molecule has 142 valence electrons. The first-order valence-corrected chi connectivity index (χ1v) is 10.2. The zero-order valence-electron chi connectivity index (χ0n) is 15.8. The van der Waals surface area contributed by atoms with Gasteiger partial charge in [0.1, 0.15) is 5.82 Å². The van der Waals surface area contributed by atoms with E-state index in [1.54, 1.807) is 0 Å². The normalized spacial score (nSPS) is 11.1. The van der Waals surface area contributed by atoms with Gasteiger partial charge in [-0.15, -0.1) is 0 Å². The lowest BCUT2D eigenvalue weighted by molar-refractivity contribution is 0.202. The molecule has 3 aromatic rings. The molecule has 3 rings (SSSR count). The summed E-state index contributed by atoms with van der Waals surface area (Å²) in [4.78, 5) is 22.5. The summed E-state index contributed by atoms with van der Waals surface area (Å²) in [5.74, 6) is 2.33. The van der Waals surface area contributed by atoms with Crippen molar-refractivity contribution in [3.8, 4) is 0 Å². The predicted octanol–water partition coefficient (Wildman–Crippen LogP) is 4.62. The Bertz CT molecular complexity index is 830. The Morgan fingerprint density at radius 3 is 2.63 bits per heavy atom. The summed E-state index contributed by atoms with van der Waals surface area (Å²) in [6.45, 7) is 5.46. The van der Waals surface area contributed by atoms with Crippen molar-refractivity contribution in [3.05, 3.63) is 66.0 Å². The van der Waals surface area contributed by atoms with Crippen molar-refractivity contribution in [2.45, 2.75) is 26.8 Å². The average Bonchev–Trinajstić information content (AvgIpc) is 3.08. The Hall–Kier alpha value is -2.47. The van der Waals surface area contributed by atoms with Crippen LogP contribution in [0.1, 0.15) is 25.2 Å². The second kappa shape index (κ2) is 9.46. The highest BCUT2D eigenvalue weighted by Crippen LogP contribution is 2.13. The number of nitrogens with zero attached hydrogens (tertiary/aromatic N) is 2. The number of fused-ring (bicyclic) bond motifs is 1. The number of urea groups is 1. The topological polar surface area (TPSA) is 61.0 Å². The summed E-state index contributed by atoms with van der Waals surface area (Å²) in [5.41, 5.74) is 3.10. The number of aromatic amines is 1. The van der Waals surface area contributed by atoms with Gasteiger partial charge < -0.3 is 9.88 Å². The van der Waals surface area contributed by atoms with Crippen molar-refractivity contribution >= 4 is 29.0 Å². The largest absolute Gasteiger partial charge is 0.342 e. The third-order valence-electron chi connectivity index (χ3n) is 4.14. The molecular weight excluding hydrogens is 356 g/mol. The SMILES string of the molecule is CC(C)CSNC(=O)N(CCc1nc2ccccc2[nH]1)Cc1ccccc1. The maximum atomic E-state index is 12.7. The smallest absolute Gasteiger partial charge is 0.327 e. The fraction of sp³-hybridized carbons (Fsp3) is 0.333. The number of imidazole rings is 1. The number of benzene rings is 2. The van der Waals surface area contributed by atoms with Crippen LogP contribution < -0.4 is 4.72 Å². The molecule has 0 aliphatic heterocycles. The highest BCUT2D eigenvalue weighted by atomic mass is 32.2. The van der Waals surface area contributed by atoms with E-state index in [1.807, 2.05) is 59.5 Å². The van der Waals surface area contributed by atoms with Gasteiger partial charge in [0.05, 0.1) is 11.0 Å². The molecule has 0 aliphatic carbocycles. The fourth-order valence-electron chi connectivity index (χ4n) is 2.76. The molecule has 27 heavy (non-hydrogen) atoms. The molecule has 6 heteroatoms. The van der Waals surface area contributed by atoms with E-state index in [1.165, 1.54) is 11.9 Å². The Morgan fingerprint density at radius 2 is 1.89 bits per heavy atom. The van der Waals surface area contributed by atoms with Crippen LogP contribution >= 0.6 is 11.9 Å². The van der Waals surface area contributed by atoms with E-state index in [9.17, 15) is 4.79 Å². The van der Waals surface area contributed by atoms with Gasteiger partial charge in [0.25, 0.3) is 0 Å². The van der Waals surface area contributed by atoms with E-state index in [2.05, 4.69) is 28.5 Å². The van der Waals surface area contributed by atoms with Crippen LogP contribution in [0.2, 0.25) is 0 Å². The third-order valence-corrected chi connectivity index (χ3v) is 5.29. The Labute approximate surface area is 164 Å². The molecule has 0 fully saturated rings. The first-order chi connectivity index (χ1) is 13.1. The maximum Gasteiger partial charge on any atom is 0.327 e. The summed E-state index contributed by atoms with van der Waals surface area (Å²) >= 11 is 1.47. The minimum Gasteiger partial charge on any atom is -0.342 e. The molecule has 2 amide bonds. The van der Waals surface area contributed by atoms with Crippen molar-refractivity contribution in [2.75, 3.05) is 12.3 Å². The van der Waals surface area contributed by atoms with Crippen molar-refractivity contribution in [1.29, 1.82) is 0 Å². The number of hydrogen-bond acceptors (Lipinski definition) is 3. The zero-order chi connectivity index (χ0) is 19.1. The molecule has 0 saturated carbocycles. The number of H-pyrrole nitrogens is 1. The molecule has 0 spiro atoms. The molecule has 2 N–H and O–H groups in total. The van der Waals surface area contributed by atoms with Crippen LogP contribution in [0.25, 0.3) is 11.0 Å². The quantitative estimate of drug-likeness (QED) is 0.559. The van der Waals surface area contributed by atoms with Crippen LogP contribution in [0.15, 0.2) is 54.6 Å². The van der Waals surface area contributed by atoms with Crippen LogP contribution in [0.4, 0.5) is 4.79 Å². The van der Waals surface area contributed by atoms with Gasteiger partial charge in [0.2, 0.25) is 0 Å². The minimum absolute atomic E-state index is 0.0550. The first kappa shape index (κ1) is 19.3. The molecule has 0 unspecified atom stereocenters. The summed E-state index contributed by atoms with van der Waals surface area (Å²) in [6, 6.07) is 18.0. The Kier molecular flexibility index (Phi) is 6.76. The van der Waals surface area contributed by atoms with E-state index >= 15 is 0 Å². The molecular formula is C21H26N4OS. The third kappa shape index (κ3) is 5.76. The van der Waals surface area contributed by atoms with Gasteiger partial charge in [0.15, 0.2) is 0 Å². The lowest BCUT2D eigenvalue weighted by Crippen LogP contribution is -2.38. The van der Waals surface area contributed by atoms with Crippen LogP contribution in [-0.2, 0) is 13.0 Å². The van der Waals surface area contributed by atoms with Crippen LogP contribution in [0, 0.1) is 5.92 Å². The number of nitrogens with one attached hydrogen (secondary N) is 2. The van der Waals surface area contributed by atoms with Gasteiger partial charge in [-0.1, -0.05) is 56.3 Å². The van der Waals surface area contributed by atoms with Gasteiger partial charge in [0, 0.05) is 25.3 Å². The number of hydrogen-bond donors (Lipinski definition) is 2. The highest BCUT2D eigenvalue weighted by Gasteiger charge is 2.15. The molecule has 0 radical (unpaired) electrons. The Balaban J connectivity index is 1.65. The van der Waals surface area contributed by atoms with Gasteiger partial charge in [-0.2, -0.15) is 0 Å². The number of carbonyl (C=O) groups is 1. The van der Waals surface area contributed by atoms with E-state index in [-0.39, 0.29) is 6.03 Å². The fourth-order valence-corrected chi connectivity index (χ4v) is 3.42. The van der Waals surface area contributed by atoms with E-state index in [0.29, 0.717) is 25.4 Å². The van der Waals surface area contributed by atoms with E-state index < -0.39 is 0 Å². The maximum absolute atomic E-state index is 12.7. The number of para-hydroxylation sites is 2. The summed E-state index contributed by atoms with van der Waals surface area (Å²) < 4.78 is 2.97. The minimum atomic E-state index is -0.0550. The van der Waals surface area contributed by atoms with Crippen LogP contribution in [-0.4, -0.2) is 33.2 Å².